The SMILES string of the molecule is C[C@H](CC1C[C@@H](NC(=O)c2cc(C(=O)N[C@H](C)c3ccccc3)cc(C3CCCCOC3O)c2)Cc2ccccc21)C(=O)N[C@H](C)c1ccc(N)cc1. The molecular formula is C44H52N4O5. The highest BCUT2D eigenvalue weighted by Crippen LogP contribution is 2.37. The highest BCUT2D eigenvalue weighted by molar-refractivity contribution is 6.00. The van der Waals surface area contributed by atoms with E-state index in [0.717, 1.165) is 29.5 Å². The van der Waals surface area contributed by atoms with Crippen molar-refractivity contribution in [1.82, 2.24) is 16.0 Å². The van der Waals surface area contributed by atoms with Gasteiger partial charge in [0.05, 0.1) is 12.1 Å². The van der Waals surface area contributed by atoms with Gasteiger partial charge in [-0.3, -0.25) is 14.4 Å². The van der Waals surface area contributed by atoms with Gasteiger partial charge in [0.25, 0.3) is 11.8 Å². The second kappa shape index (κ2) is 17.2. The predicted molar refractivity (Wildman–Crippen MR) is 207 cm³/mol. The van der Waals surface area contributed by atoms with Crippen LogP contribution in [-0.4, -0.2) is 41.8 Å². The van der Waals surface area contributed by atoms with E-state index >= 15 is 0 Å². The second-order valence-electron chi connectivity index (χ2n) is 14.9. The van der Waals surface area contributed by atoms with Crippen LogP contribution in [0.25, 0.3) is 0 Å². The lowest BCUT2D eigenvalue weighted by molar-refractivity contribution is -0.125. The molecule has 6 N–H and O–H groups in total. The van der Waals surface area contributed by atoms with Crippen LogP contribution in [0.15, 0.2) is 97.1 Å². The van der Waals surface area contributed by atoms with Crippen LogP contribution in [0.4, 0.5) is 5.69 Å². The smallest absolute Gasteiger partial charge is 0.251 e. The largest absolute Gasteiger partial charge is 0.399 e. The highest BCUT2D eigenvalue weighted by Gasteiger charge is 2.32. The lowest BCUT2D eigenvalue weighted by Gasteiger charge is -2.33. The molecule has 2 aliphatic rings. The first-order valence-electron chi connectivity index (χ1n) is 18.9. The van der Waals surface area contributed by atoms with Crippen molar-refractivity contribution in [3.8, 4) is 0 Å². The number of carbonyl (C=O) groups is 3. The molecule has 1 aliphatic carbocycles. The molecule has 0 saturated carbocycles. The minimum absolute atomic E-state index is 0.0214. The molecule has 0 bridgehead atoms. The van der Waals surface area contributed by atoms with Crippen LogP contribution in [0, 0.1) is 5.92 Å². The summed E-state index contributed by atoms with van der Waals surface area (Å²) in [5, 5.41) is 20.4. The van der Waals surface area contributed by atoms with E-state index in [1.54, 1.807) is 18.2 Å². The predicted octanol–water partition coefficient (Wildman–Crippen LogP) is 7.09. The fourth-order valence-electron chi connectivity index (χ4n) is 7.79. The van der Waals surface area contributed by atoms with E-state index in [1.807, 2.05) is 87.5 Å². The monoisotopic (exact) mass is 716 g/mol. The number of anilines is 1. The quantitative estimate of drug-likeness (QED) is 0.105. The molecule has 7 atom stereocenters. The van der Waals surface area contributed by atoms with Gasteiger partial charge >= 0.3 is 0 Å². The summed E-state index contributed by atoms with van der Waals surface area (Å²) in [5.41, 5.74) is 12.3. The number of fused-ring (bicyclic) bond motifs is 1. The van der Waals surface area contributed by atoms with Crippen molar-refractivity contribution in [2.24, 2.45) is 5.92 Å². The summed E-state index contributed by atoms with van der Waals surface area (Å²) < 4.78 is 5.68. The van der Waals surface area contributed by atoms with Crippen LogP contribution in [0.3, 0.4) is 0 Å². The summed E-state index contributed by atoms with van der Waals surface area (Å²) in [6, 6.07) is 30.1. The molecule has 1 heterocycles. The summed E-state index contributed by atoms with van der Waals surface area (Å²) >= 11 is 0. The third-order valence-corrected chi connectivity index (χ3v) is 10.8. The van der Waals surface area contributed by atoms with E-state index < -0.39 is 6.29 Å². The van der Waals surface area contributed by atoms with Gasteiger partial charge in [-0.25, -0.2) is 0 Å². The molecule has 0 radical (unpaired) electrons. The van der Waals surface area contributed by atoms with Gasteiger partial charge in [0.1, 0.15) is 0 Å². The number of amides is 3. The summed E-state index contributed by atoms with van der Waals surface area (Å²) in [4.78, 5) is 41.2. The Balaban J connectivity index is 1.20. The van der Waals surface area contributed by atoms with Crippen LogP contribution in [-0.2, 0) is 16.0 Å². The molecule has 3 unspecified atom stereocenters. The molecule has 53 heavy (non-hydrogen) atoms. The number of aliphatic hydroxyl groups is 1. The zero-order chi connectivity index (χ0) is 37.5. The maximum Gasteiger partial charge on any atom is 0.251 e. The molecule has 4 aromatic rings. The van der Waals surface area contributed by atoms with Gasteiger partial charge in [-0.15, -0.1) is 0 Å². The first kappa shape index (κ1) is 37.8. The number of rotatable bonds is 11. The molecule has 1 aliphatic heterocycles. The van der Waals surface area contributed by atoms with E-state index in [-0.39, 0.29) is 53.6 Å². The third-order valence-electron chi connectivity index (χ3n) is 10.8. The number of nitrogens with two attached hydrogens (primary N) is 1. The fraction of sp³-hybridized carbons (Fsp3) is 0.386. The average Bonchev–Trinajstić information content (AvgIpc) is 3.39. The van der Waals surface area contributed by atoms with Gasteiger partial charge in [0.2, 0.25) is 5.91 Å². The minimum atomic E-state index is -1.03. The molecule has 0 spiro atoms. The molecule has 6 rings (SSSR count). The van der Waals surface area contributed by atoms with Crippen molar-refractivity contribution in [3.63, 3.8) is 0 Å². The van der Waals surface area contributed by atoms with Crippen LogP contribution in [0.2, 0.25) is 0 Å². The third kappa shape index (κ3) is 9.52. The van der Waals surface area contributed by atoms with Crippen molar-refractivity contribution in [1.29, 1.82) is 0 Å². The van der Waals surface area contributed by atoms with Gasteiger partial charge in [-0.05, 0) is 110 Å². The van der Waals surface area contributed by atoms with Crippen LogP contribution in [0.5, 0.6) is 0 Å². The van der Waals surface area contributed by atoms with Crippen molar-refractivity contribution in [2.45, 2.75) is 95.5 Å². The molecule has 3 amide bonds. The number of carbonyl (C=O) groups excluding carboxylic acids is 3. The molecule has 9 heteroatoms. The molecule has 1 fully saturated rings. The summed E-state index contributed by atoms with van der Waals surface area (Å²) in [6.45, 7) is 6.31. The Bertz CT molecular complexity index is 1880. The Morgan fingerprint density at radius 1 is 0.811 bits per heavy atom. The number of hydrogen-bond donors (Lipinski definition) is 5. The number of ether oxygens (including phenoxy) is 1. The van der Waals surface area contributed by atoms with Crippen molar-refractivity contribution in [2.75, 3.05) is 12.3 Å². The van der Waals surface area contributed by atoms with E-state index in [4.69, 9.17) is 10.5 Å². The van der Waals surface area contributed by atoms with Crippen LogP contribution >= 0.6 is 0 Å². The Morgan fingerprint density at radius 2 is 1.47 bits per heavy atom. The Kier molecular flexibility index (Phi) is 12.3. The Morgan fingerprint density at radius 3 is 2.23 bits per heavy atom. The van der Waals surface area contributed by atoms with E-state index in [0.29, 0.717) is 54.7 Å². The topological polar surface area (TPSA) is 143 Å². The summed E-state index contributed by atoms with van der Waals surface area (Å²) in [6.07, 6.45) is 3.31. The lowest BCUT2D eigenvalue weighted by Crippen LogP contribution is -2.41. The molecule has 4 aromatic carbocycles. The van der Waals surface area contributed by atoms with Gasteiger partial charge < -0.3 is 31.5 Å². The zero-order valence-electron chi connectivity index (χ0n) is 30.9. The standard InChI is InChI=1S/C44H52N4O5/c1-27(41(49)46-29(3)31-16-18-37(45)19-17-31)21-33-26-38(25-32-13-7-8-14-39(32)33)48-43(51)36-23-34(40-15-9-10-20-53-44(40)52)22-35(24-36)42(50)47-28(2)30-11-5-4-6-12-30/h4-8,11-14,16-19,22-24,27-29,33,38,40,44,52H,9-10,15,20-21,25-26,45H2,1-3H3,(H,46,49)(H,47,50)(H,48,51)/t27-,28-,29-,33?,38+,40?,44?/m1/s1. The van der Waals surface area contributed by atoms with E-state index in [2.05, 4.69) is 28.1 Å². The van der Waals surface area contributed by atoms with Crippen molar-refractivity contribution in [3.05, 3.63) is 136 Å². The summed E-state index contributed by atoms with van der Waals surface area (Å²) in [7, 11) is 0. The van der Waals surface area contributed by atoms with Crippen molar-refractivity contribution >= 4 is 23.4 Å². The molecule has 9 nitrogen and oxygen atoms in total. The highest BCUT2D eigenvalue weighted by atomic mass is 16.6. The van der Waals surface area contributed by atoms with Crippen LogP contribution in [0.1, 0.15) is 125 Å². The molecule has 0 aromatic heterocycles. The molecular weight excluding hydrogens is 665 g/mol. The minimum Gasteiger partial charge on any atom is -0.399 e. The number of nitrogen functional groups attached to an aromatic ring is 1. The van der Waals surface area contributed by atoms with Crippen LogP contribution < -0.4 is 21.7 Å². The number of benzene rings is 4. The first-order chi connectivity index (χ1) is 25.5. The number of nitrogens with one attached hydrogen (secondary N) is 3. The van der Waals surface area contributed by atoms with E-state index in [9.17, 15) is 19.5 Å². The first-order valence-corrected chi connectivity index (χ1v) is 18.9. The Hall–Kier alpha value is -4.99. The summed E-state index contributed by atoms with van der Waals surface area (Å²) in [5.74, 6) is -1.18. The van der Waals surface area contributed by atoms with Gasteiger partial charge in [-0.2, -0.15) is 0 Å². The lowest BCUT2D eigenvalue weighted by atomic mass is 9.76. The molecule has 1 saturated heterocycles. The van der Waals surface area contributed by atoms with Gasteiger partial charge in [0, 0.05) is 41.3 Å². The maximum absolute atomic E-state index is 14.1. The second-order valence-corrected chi connectivity index (χ2v) is 14.9. The van der Waals surface area contributed by atoms with Crippen molar-refractivity contribution < 1.29 is 24.2 Å². The number of aliphatic hydroxyl groups excluding tert-OH is 1. The Labute approximate surface area is 312 Å². The van der Waals surface area contributed by atoms with E-state index in [1.165, 1.54) is 5.56 Å². The maximum atomic E-state index is 14.1. The normalized spacial score (nSPS) is 21.6. The van der Waals surface area contributed by atoms with Gasteiger partial charge in [0.15, 0.2) is 6.29 Å². The number of hydrogen-bond acceptors (Lipinski definition) is 6. The average molecular weight is 717 g/mol. The van der Waals surface area contributed by atoms with Gasteiger partial charge in [-0.1, -0.05) is 80.1 Å². The fourth-order valence-corrected chi connectivity index (χ4v) is 7.79. The molecule has 278 valence electrons. The zero-order valence-corrected chi connectivity index (χ0v) is 30.9.